The summed E-state index contributed by atoms with van der Waals surface area (Å²) in [6.45, 7) is 0.772. The Morgan fingerprint density at radius 3 is 2.56 bits per heavy atom. The number of fused-ring (bicyclic) bond motifs is 1. The molecule has 32 heavy (non-hydrogen) atoms. The van der Waals surface area contributed by atoms with Crippen LogP contribution in [0.15, 0.2) is 44.8 Å². The molecule has 2 fully saturated rings. The van der Waals surface area contributed by atoms with Gasteiger partial charge in [0.05, 0.1) is 13.1 Å². The van der Waals surface area contributed by atoms with Gasteiger partial charge in [-0.15, -0.1) is 4.31 Å². The molecular weight excluding hydrogens is 450 g/mol. The summed E-state index contributed by atoms with van der Waals surface area (Å²) >= 11 is 1.17. The largest absolute Gasteiger partial charge is 0.592 e. The Bertz CT molecular complexity index is 1240. The van der Waals surface area contributed by atoms with Crippen molar-refractivity contribution in [2.45, 2.75) is 35.9 Å². The number of nitrogens with zero attached hydrogens (tertiary/aromatic N) is 5. The average Bonchev–Trinajstić information content (AvgIpc) is 3.53. The van der Waals surface area contributed by atoms with Crippen LogP contribution in [0.25, 0.3) is 11.2 Å². The summed E-state index contributed by atoms with van der Waals surface area (Å²) in [5.74, 6) is -0.458. The number of sulfonamides is 1. The second kappa shape index (κ2) is 8.47. The molecule has 4 heterocycles. The van der Waals surface area contributed by atoms with Crippen molar-refractivity contribution in [3.8, 4) is 0 Å². The predicted molar refractivity (Wildman–Crippen MR) is 120 cm³/mol. The molecule has 0 spiro atoms. The number of amides is 1. The zero-order chi connectivity index (χ0) is 22.3. The number of pyridine rings is 1. The van der Waals surface area contributed by atoms with Crippen molar-refractivity contribution in [2.75, 3.05) is 26.2 Å². The van der Waals surface area contributed by atoms with E-state index in [-0.39, 0.29) is 37.9 Å². The monoisotopic (exact) mass is 473 g/mol. The molecule has 168 valence electrons. The molecular formula is C21H23N5O4S2. The SMILES string of the molecule is O=C(c1nc2cccnc2n(C2CCCC2)c1=O)N1CCN([S+](=O)([O-])c2cccs2)CC1. The van der Waals surface area contributed by atoms with Gasteiger partial charge in [-0.05, 0) is 36.4 Å². The Morgan fingerprint density at radius 2 is 1.88 bits per heavy atom. The van der Waals surface area contributed by atoms with Crippen LogP contribution in [-0.4, -0.2) is 60.4 Å². The maximum atomic E-state index is 13.3. The van der Waals surface area contributed by atoms with E-state index < -0.39 is 21.9 Å². The van der Waals surface area contributed by atoms with Crippen LogP contribution in [-0.2, 0) is 14.6 Å². The molecule has 1 amide bonds. The number of aromatic nitrogens is 3. The van der Waals surface area contributed by atoms with E-state index in [1.807, 2.05) is 0 Å². The van der Waals surface area contributed by atoms with Crippen LogP contribution in [0.5, 0.6) is 0 Å². The molecule has 2 aliphatic rings. The molecule has 9 nitrogen and oxygen atoms in total. The third kappa shape index (κ3) is 3.68. The van der Waals surface area contributed by atoms with Gasteiger partial charge in [-0.1, -0.05) is 28.4 Å². The molecule has 3 aromatic rings. The lowest BCUT2D eigenvalue weighted by Gasteiger charge is -2.35. The fourth-order valence-corrected chi connectivity index (χ4v) is 7.07. The van der Waals surface area contributed by atoms with Crippen molar-refractivity contribution in [3.63, 3.8) is 0 Å². The van der Waals surface area contributed by atoms with Gasteiger partial charge in [0.25, 0.3) is 11.5 Å². The zero-order valence-corrected chi connectivity index (χ0v) is 19.0. The maximum Gasteiger partial charge on any atom is 0.284 e. The van der Waals surface area contributed by atoms with Crippen LogP contribution in [0.2, 0.25) is 0 Å². The van der Waals surface area contributed by atoms with Gasteiger partial charge in [0, 0.05) is 31.4 Å². The summed E-state index contributed by atoms with van der Waals surface area (Å²) in [6.07, 6.45) is 5.46. The van der Waals surface area contributed by atoms with Crippen molar-refractivity contribution in [1.82, 2.24) is 23.7 Å². The van der Waals surface area contributed by atoms with E-state index in [9.17, 15) is 18.4 Å². The molecule has 1 unspecified atom stereocenters. The van der Waals surface area contributed by atoms with Gasteiger partial charge >= 0.3 is 0 Å². The molecule has 3 aromatic heterocycles. The fraction of sp³-hybridized carbons (Fsp3) is 0.429. The first-order valence-electron chi connectivity index (χ1n) is 10.7. The maximum absolute atomic E-state index is 13.3. The van der Waals surface area contributed by atoms with Crippen LogP contribution in [0, 0.1) is 0 Å². The minimum absolute atomic E-state index is 0.0160. The van der Waals surface area contributed by atoms with Gasteiger partial charge in [-0.2, -0.15) is 0 Å². The lowest BCUT2D eigenvalue weighted by Crippen LogP contribution is -2.53. The lowest BCUT2D eigenvalue weighted by molar-refractivity contribution is 0.0685. The first kappa shape index (κ1) is 21.4. The molecule has 1 saturated carbocycles. The first-order valence-corrected chi connectivity index (χ1v) is 13.0. The summed E-state index contributed by atoms with van der Waals surface area (Å²) in [4.78, 5) is 36.9. The summed E-state index contributed by atoms with van der Waals surface area (Å²) in [6, 6.07) is 6.79. The number of piperazine rings is 1. The number of thiophene rings is 1. The second-order valence-corrected chi connectivity index (χ2v) is 11.2. The van der Waals surface area contributed by atoms with Crippen molar-refractivity contribution in [3.05, 3.63) is 51.9 Å². The summed E-state index contributed by atoms with van der Waals surface area (Å²) in [5, 5.41) is 1.72. The van der Waals surface area contributed by atoms with Gasteiger partial charge in [0.2, 0.25) is 4.21 Å². The van der Waals surface area contributed by atoms with Gasteiger partial charge in [-0.25, -0.2) is 9.97 Å². The van der Waals surface area contributed by atoms with Crippen LogP contribution in [0.4, 0.5) is 0 Å². The van der Waals surface area contributed by atoms with Gasteiger partial charge in [0.15, 0.2) is 21.7 Å². The summed E-state index contributed by atoms with van der Waals surface area (Å²) in [5.41, 5.74) is 0.489. The number of carbonyl (C=O) groups excluding carboxylic acids is 1. The van der Waals surface area contributed by atoms with Crippen LogP contribution in [0.1, 0.15) is 42.2 Å². The van der Waals surface area contributed by atoms with Crippen molar-refractivity contribution < 1.29 is 13.6 Å². The van der Waals surface area contributed by atoms with Crippen molar-refractivity contribution >= 4 is 38.8 Å². The topological polar surface area (TPSA) is 111 Å². The molecule has 1 aliphatic heterocycles. The molecule has 0 bridgehead atoms. The number of hydrogen-bond acceptors (Lipinski definition) is 7. The Kier molecular flexibility index (Phi) is 5.66. The van der Waals surface area contributed by atoms with Crippen molar-refractivity contribution in [2.24, 2.45) is 0 Å². The van der Waals surface area contributed by atoms with E-state index in [2.05, 4.69) is 9.97 Å². The molecule has 0 aromatic carbocycles. The van der Waals surface area contributed by atoms with E-state index in [0.717, 1.165) is 25.7 Å². The standard InChI is InChI=1S/C21H23N5O4S2/c27-20(24-10-12-25(13-11-24)32(29,30)17-8-4-14-31-17)18-21(28)26(15-5-1-2-6-15)19-16(23-18)7-3-9-22-19/h3-4,7-9,14-15H,1-2,5-6,10-13H2. The van der Waals surface area contributed by atoms with E-state index in [1.165, 1.54) is 20.5 Å². The van der Waals surface area contributed by atoms with Crippen molar-refractivity contribution in [1.29, 1.82) is 0 Å². The normalized spacial score (nSPS) is 20.0. The quantitative estimate of drug-likeness (QED) is 0.538. The number of hydrogen-bond donors (Lipinski definition) is 0. The molecule has 0 radical (unpaired) electrons. The van der Waals surface area contributed by atoms with E-state index in [4.69, 9.17) is 0 Å². The Morgan fingerprint density at radius 1 is 1.12 bits per heavy atom. The highest BCUT2D eigenvalue weighted by Gasteiger charge is 2.36. The van der Waals surface area contributed by atoms with Gasteiger partial charge < -0.3 is 9.45 Å². The van der Waals surface area contributed by atoms with E-state index in [1.54, 1.807) is 40.4 Å². The Labute approximate surface area is 190 Å². The predicted octanol–water partition coefficient (Wildman–Crippen LogP) is 2.33. The second-order valence-electron chi connectivity index (χ2n) is 8.05. The molecule has 11 heteroatoms. The molecule has 1 atom stereocenters. The minimum Gasteiger partial charge on any atom is -0.592 e. The Hall–Kier alpha value is -2.47. The smallest absolute Gasteiger partial charge is 0.284 e. The summed E-state index contributed by atoms with van der Waals surface area (Å²) in [7, 11) is -3.56. The highest BCUT2D eigenvalue weighted by Crippen LogP contribution is 2.30. The molecule has 0 N–H and O–H groups in total. The van der Waals surface area contributed by atoms with Crippen LogP contribution >= 0.6 is 11.3 Å². The van der Waals surface area contributed by atoms with Crippen LogP contribution < -0.4 is 5.56 Å². The lowest BCUT2D eigenvalue weighted by atomic mass is 10.2. The molecule has 5 rings (SSSR count). The molecule has 1 saturated heterocycles. The van der Waals surface area contributed by atoms with E-state index in [0.29, 0.717) is 15.4 Å². The number of carbonyl (C=O) groups is 1. The highest BCUT2D eigenvalue weighted by molar-refractivity contribution is 7.97. The minimum atomic E-state index is -3.56. The highest BCUT2D eigenvalue weighted by atomic mass is 32.3. The van der Waals surface area contributed by atoms with Crippen LogP contribution in [0.3, 0.4) is 0 Å². The fourth-order valence-electron chi connectivity index (χ4n) is 4.50. The third-order valence-corrected chi connectivity index (χ3v) is 9.43. The van der Waals surface area contributed by atoms with Gasteiger partial charge in [-0.3, -0.25) is 14.2 Å². The Balaban J connectivity index is 1.42. The average molecular weight is 474 g/mol. The molecule has 1 aliphatic carbocycles. The summed E-state index contributed by atoms with van der Waals surface area (Å²) < 4.78 is 28.8. The number of rotatable bonds is 4. The van der Waals surface area contributed by atoms with E-state index >= 15 is 0 Å². The third-order valence-electron chi connectivity index (χ3n) is 6.16. The zero-order valence-electron chi connectivity index (χ0n) is 17.4. The van der Waals surface area contributed by atoms with Gasteiger partial charge in [0.1, 0.15) is 5.52 Å². The first-order chi connectivity index (χ1) is 15.5.